The normalized spacial score (nSPS) is 14.9. The zero-order valence-electron chi connectivity index (χ0n) is 9.11. The van der Waals surface area contributed by atoms with Gasteiger partial charge in [-0.2, -0.15) is 0 Å². The van der Waals surface area contributed by atoms with Crippen molar-refractivity contribution in [2.75, 3.05) is 12.4 Å². The zero-order valence-corrected chi connectivity index (χ0v) is 9.11. The Morgan fingerprint density at radius 1 is 1.43 bits per heavy atom. The maximum Gasteiger partial charge on any atom is 0.223 e. The van der Waals surface area contributed by atoms with Crippen molar-refractivity contribution in [1.29, 1.82) is 0 Å². The van der Waals surface area contributed by atoms with Crippen molar-refractivity contribution in [2.24, 2.45) is 0 Å². The third kappa shape index (κ3) is 2.96. The molecular weight excluding hydrogens is 178 g/mol. The fourth-order valence-electron chi connectivity index (χ4n) is 1.04. The lowest BCUT2D eigenvalue weighted by atomic mass is 10.2. The van der Waals surface area contributed by atoms with E-state index in [4.69, 9.17) is 4.74 Å². The van der Waals surface area contributed by atoms with Crippen molar-refractivity contribution < 1.29 is 4.74 Å². The zero-order chi connectivity index (χ0) is 10.6. The second-order valence-corrected chi connectivity index (χ2v) is 3.40. The van der Waals surface area contributed by atoms with Crippen LogP contribution in [0.25, 0.3) is 0 Å². The topological polar surface area (TPSA) is 47.0 Å². The van der Waals surface area contributed by atoms with E-state index in [0.29, 0.717) is 5.95 Å². The van der Waals surface area contributed by atoms with Crippen molar-refractivity contribution in [1.82, 2.24) is 9.97 Å². The average molecular weight is 195 g/mol. The third-order valence-corrected chi connectivity index (χ3v) is 2.23. The molecule has 1 rings (SSSR count). The van der Waals surface area contributed by atoms with Gasteiger partial charge in [-0.15, -0.1) is 0 Å². The monoisotopic (exact) mass is 195 g/mol. The lowest BCUT2D eigenvalue weighted by molar-refractivity contribution is 0.106. The number of nitrogens with zero attached hydrogens (tertiary/aromatic N) is 2. The van der Waals surface area contributed by atoms with Gasteiger partial charge in [0.25, 0.3) is 0 Å². The molecule has 14 heavy (non-hydrogen) atoms. The molecule has 2 atom stereocenters. The first-order chi connectivity index (χ1) is 6.63. The van der Waals surface area contributed by atoms with Gasteiger partial charge in [0.2, 0.25) is 5.95 Å². The SMILES string of the molecule is COC(C)[C@H](C)Nc1nccc(C)n1. The van der Waals surface area contributed by atoms with Gasteiger partial charge in [0, 0.05) is 19.0 Å². The molecule has 0 aliphatic carbocycles. The highest BCUT2D eigenvalue weighted by Crippen LogP contribution is 2.05. The summed E-state index contributed by atoms with van der Waals surface area (Å²) in [4.78, 5) is 8.37. The van der Waals surface area contributed by atoms with E-state index in [2.05, 4.69) is 15.3 Å². The van der Waals surface area contributed by atoms with Gasteiger partial charge in [0.15, 0.2) is 0 Å². The van der Waals surface area contributed by atoms with E-state index in [1.807, 2.05) is 26.8 Å². The maximum absolute atomic E-state index is 5.20. The summed E-state index contributed by atoms with van der Waals surface area (Å²) >= 11 is 0. The number of methoxy groups -OCH3 is 1. The summed E-state index contributed by atoms with van der Waals surface area (Å²) in [5.74, 6) is 0.654. The predicted octanol–water partition coefficient (Wildman–Crippen LogP) is 1.62. The molecular formula is C10H17N3O. The number of aromatic nitrogens is 2. The van der Waals surface area contributed by atoms with Gasteiger partial charge in [0.1, 0.15) is 0 Å². The van der Waals surface area contributed by atoms with Crippen LogP contribution in [0.3, 0.4) is 0 Å². The minimum absolute atomic E-state index is 0.138. The van der Waals surface area contributed by atoms with Crippen LogP contribution in [0.15, 0.2) is 12.3 Å². The second-order valence-electron chi connectivity index (χ2n) is 3.40. The van der Waals surface area contributed by atoms with Gasteiger partial charge in [-0.25, -0.2) is 9.97 Å². The Labute approximate surface area is 84.7 Å². The van der Waals surface area contributed by atoms with E-state index in [1.165, 1.54) is 0 Å². The number of anilines is 1. The van der Waals surface area contributed by atoms with Crippen molar-refractivity contribution in [2.45, 2.75) is 32.9 Å². The number of hydrogen-bond acceptors (Lipinski definition) is 4. The summed E-state index contributed by atoms with van der Waals surface area (Å²) in [6.45, 7) is 5.99. The van der Waals surface area contributed by atoms with Crippen LogP contribution >= 0.6 is 0 Å². The fraction of sp³-hybridized carbons (Fsp3) is 0.600. The second kappa shape index (κ2) is 4.91. The smallest absolute Gasteiger partial charge is 0.223 e. The molecule has 4 nitrogen and oxygen atoms in total. The summed E-state index contributed by atoms with van der Waals surface area (Å²) in [6.07, 6.45) is 1.88. The van der Waals surface area contributed by atoms with Crippen LogP contribution < -0.4 is 5.32 Å². The molecule has 78 valence electrons. The Morgan fingerprint density at radius 2 is 2.14 bits per heavy atom. The first-order valence-corrected chi connectivity index (χ1v) is 4.72. The Bertz CT molecular complexity index is 290. The predicted molar refractivity (Wildman–Crippen MR) is 56.3 cm³/mol. The number of hydrogen-bond donors (Lipinski definition) is 1. The third-order valence-electron chi connectivity index (χ3n) is 2.23. The summed E-state index contributed by atoms with van der Waals surface area (Å²) in [7, 11) is 1.69. The summed E-state index contributed by atoms with van der Waals surface area (Å²) in [5, 5.41) is 3.19. The molecule has 0 aliphatic rings. The molecule has 1 aromatic heterocycles. The quantitative estimate of drug-likeness (QED) is 0.793. The average Bonchev–Trinajstić information content (AvgIpc) is 2.16. The lowest BCUT2D eigenvalue weighted by Gasteiger charge is -2.19. The molecule has 0 aliphatic heterocycles. The number of aryl methyl sites for hydroxylation is 1. The maximum atomic E-state index is 5.20. The van der Waals surface area contributed by atoms with Crippen molar-refractivity contribution in [3.8, 4) is 0 Å². The van der Waals surface area contributed by atoms with E-state index < -0.39 is 0 Å². The van der Waals surface area contributed by atoms with Gasteiger partial charge in [0.05, 0.1) is 12.1 Å². The van der Waals surface area contributed by atoms with Crippen LogP contribution in [0.5, 0.6) is 0 Å². The van der Waals surface area contributed by atoms with Gasteiger partial charge >= 0.3 is 0 Å². The van der Waals surface area contributed by atoms with Crippen LogP contribution in [-0.2, 0) is 4.74 Å². The van der Waals surface area contributed by atoms with E-state index >= 15 is 0 Å². The van der Waals surface area contributed by atoms with Crippen LogP contribution in [0.2, 0.25) is 0 Å². The molecule has 0 fully saturated rings. The first-order valence-electron chi connectivity index (χ1n) is 4.72. The highest BCUT2D eigenvalue weighted by Gasteiger charge is 2.11. The molecule has 0 spiro atoms. The van der Waals surface area contributed by atoms with E-state index in [-0.39, 0.29) is 12.1 Å². The van der Waals surface area contributed by atoms with Gasteiger partial charge < -0.3 is 10.1 Å². The minimum Gasteiger partial charge on any atom is -0.380 e. The molecule has 1 N–H and O–H groups in total. The van der Waals surface area contributed by atoms with Gasteiger partial charge in [-0.1, -0.05) is 0 Å². The fourth-order valence-corrected chi connectivity index (χ4v) is 1.04. The Morgan fingerprint density at radius 3 is 2.71 bits per heavy atom. The molecule has 0 bridgehead atoms. The number of rotatable bonds is 4. The van der Waals surface area contributed by atoms with Gasteiger partial charge in [-0.05, 0) is 26.8 Å². The lowest BCUT2D eigenvalue weighted by Crippen LogP contribution is -2.30. The highest BCUT2D eigenvalue weighted by molar-refractivity contribution is 5.26. The standard InChI is InChI=1S/C10H17N3O/c1-7-5-6-11-10(12-7)13-8(2)9(3)14-4/h5-6,8-9H,1-4H3,(H,11,12,13)/t8-,9?/m0/s1. The Balaban J connectivity index is 2.60. The molecule has 4 heteroatoms. The molecule has 1 unspecified atom stereocenters. The van der Waals surface area contributed by atoms with Gasteiger partial charge in [-0.3, -0.25) is 0 Å². The molecule has 0 aromatic carbocycles. The van der Waals surface area contributed by atoms with Crippen LogP contribution in [0.4, 0.5) is 5.95 Å². The summed E-state index contributed by atoms with van der Waals surface area (Å²) in [6, 6.07) is 2.07. The Kier molecular flexibility index (Phi) is 3.83. The van der Waals surface area contributed by atoms with Crippen LogP contribution in [-0.4, -0.2) is 29.2 Å². The summed E-state index contributed by atoms with van der Waals surface area (Å²) in [5.41, 5.74) is 0.958. The van der Waals surface area contributed by atoms with E-state index in [1.54, 1.807) is 13.3 Å². The summed E-state index contributed by atoms with van der Waals surface area (Å²) < 4.78 is 5.20. The first kappa shape index (κ1) is 10.9. The van der Waals surface area contributed by atoms with Crippen LogP contribution in [0, 0.1) is 6.92 Å². The largest absolute Gasteiger partial charge is 0.380 e. The molecule has 0 saturated carbocycles. The van der Waals surface area contributed by atoms with E-state index in [9.17, 15) is 0 Å². The molecule has 1 heterocycles. The van der Waals surface area contributed by atoms with Crippen molar-refractivity contribution >= 4 is 5.95 Å². The van der Waals surface area contributed by atoms with Crippen molar-refractivity contribution in [3.63, 3.8) is 0 Å². The van der Waals surface area contributed by atoms with Crippen molar-refractivity contribution in [3.05, 3.63) is 18.0 Å². The Hall–Kier alpha value is -1.16. The highest BCUT2D eigenvalue weighted by atomic mass is 16.5. The molecule has 1 aromatic rings. The molecule has 0 amide bonds. The minimum atomic E-state index is 0.138. The number of nitrogens with one attached hydrogen (secondary N) is 1. The molecule has 0 radical (unpaired) electrons. The molecule has 0 saturated heterocycles. The van der Waals surface area contributed by atoms with Crippen LogP contribution in [0.1, 0.15) is 19.5 Å². The number of ether oxygens (including phenoxy) is 1. The van der Waals surface area contributed by atoms with E-state index in [0.717, 1.165) is 5.69 Å².